The molecular formula is C24H27FN2O5S. The van der Waals surface area contributed by atoms with Crippen LogP contribution in [0.15, 0.2) is 53.6 Å². The molecule has 33 heavy (non-hydrogen) atoms. The van der Waals surface area contributed by atoms with Crippen molar-refractivity contribution in [3.05, 3.63) is 54.5 Å². The molecule has 0 spiro atoms. The number of sulfone groups is 1. The number of hydrogen-bond donors (Lipinski definition) is 0. The minimum atomic E-state index is -3.49. The van der Waals surface area contributed by atoms with E-state index < -0.39 is 15.7 Å². The van der Waals surface area contributed by atoms with Gasteiger partial charge in [0.25, 0.3) is 0 Å². The van der Waals surface area contributed by atoms with Crippen LogP contribution in [0.4, 0.5) is 9.18 Å². The quantitative estimate of drug-likeness (QED) is 0.542. The van der Waals surface area contributed by atoms with Crippen LogP contribution in [0.5, 0.6) is 5.75 Å². The number of likely N-dealkylation sites (tertiary alicyclic amines) is 1. The highest BCUT2D eigenvalue weighted by atomic mass is 32.2. The van der Waals surface area contributed by atoms with Crippen molar-refractivity contribution in [3.8, 4) is 11.4 Å². The number of carbonyl (C=O) groups is 1. The van der Waals surface area contributed by atoms with Crippen LogP contribution in [0.2, 0.25) is 0 Å². The molecule has 1 amide bonds. The molecule has 1 aromatic heterocycles. The van der Waals surface area contributed by atoms with Crippen molar-refractivity contribution in [2.45, 2.75) is 43.8 Å². The number of piperidine rings is 1. The molecule has 0 saturated carbocycles. The molecule has 1 aliphatic rings. The summed E-state index contributed by atoms with van der Waals surface area (Å²) in [5.74, 6) is 0.0602. The molecule has 0 bridgehead atoms. The van der Waals surface area contributed by atoms with Crippen LogP contribution in [-0.2, 0) is 14.6 Å². The highest BCUT2D eigenvalue weighted by Gasteiger charge is 2.26. The Labute approximate surface area is 192 Å². The van der Waals surface area contributed by atoms with E-state index in [0.717, 1.165) is 23.2 Å². The van der Waals surface area contributed by atoms with Crippen molar-refractivity contribution < 1.29 is 27.1 Å². The average Bonchev–Trinajstić information content (AvgIpc) is 3.18. The largest absolute Gasteiger partial charge is 0.490 e. The Morgan fingerprint density at radius 2 is 1.85 bits per heavy atom. The van der Waals surface area contributed by atoms with E-state index >= 15 is 0 Å². The van der Waals surface area contributed by atoms with E-state index in [1.165, 1.54) is 12.1 Å². The van der Waals surface area contributed by atoms with E-state index in [0.29, 0.717) is 31.7 Å². The van der Waals surface area contributed by atoms with Crippen LogP contribution in [-0.4, -0.2) is 55.5 Å². The number of fused-ring (bicyclic) bond motifs is 1. The van der Waals surface area contributed by atoms with Gasteiger partial charge in [0.05, 0.1) is 22.2 Å². The fraction of sp³-hybridized carbons (Fsp3) is 0.375. The third-order valence-electron chi connectivity index (χ3n) is 5.63. The van der Waals surface area contributed by atoms with Crippen molar-refractivity contribution in [1.29, 1.82) is 0 Å². The Balaban J connectivity index is 1.53. The number of amides is 1. The summed E-state index contributed by atoms with van der Waals surface area (Å²) in [5.41, 5.74) is 1.00. The maximum absolute atomic E-state index is 14.8. The SMILES string of the molecule is CC(C)OC(=O)N1CCC(Oc2cccc3c2ccn3-c2ccc(S(C)(=O)=O)cc2F)CC1. The normalized spacial score (nSPS) is 15.2. The molecule has 7 nitrogen and oxygen atoms in total. The van der Waals surface area contributed by atoms with Gasteiger partial charge >= 0.3 is 6.09 Å². The van der Waals surface area contributed by atoms with Crippen molar-refractivity contribution >= 4 is 26.8 Å². The van der Waals surface area contributed by atoms with Crippen LogP contribution in [0.3, 0.4) is 0 Å². The molecule has 1 saturated heterocycles. The predicted molar refractivity (Wildman–Crippen MR) is 123 cm³/mol. The summed E-state index contributed by atoms with van der Waals surface area (Å²) in [6.45, 7) is 4.77. The molecular weight excluding hydrogens is 447 g/mol. The van der Waals surface area contributed by atoms with Gasteiger partial charge in [0.1, 0.15) is 17.7 Å². The number of rotatable bonds is 5. The number of ether oxygens (including phenoxy) is 2. The molecule has 0 atom stereocenters. The second-order valence-electron chi connectivity index (χ2n) is 8.50. The lowest BCUT2D eigenvalue weighted by atomic mass is 10.1. The highest BCUT2D eigenvalue weighted by molar-refractivity contribution is 7.90. The molecule has 2 heterocycles. The topological polar surface area (TPSA) is 77.8 Å². The smallest absolute Gasteiger partial charge is 0.410 e. The second kappa shape index (κ2) is 9.05. The van der Waals surface area contributed by atoms with E-state index in [9.17, 15) is 17.6 Å². The van der Waals surface area contributed by atoms with Gasteiger partial charge in [0, 0.05) is 43.8 Å². The maximum Gasteiger partial charge on any atom is 0.410 e. The van der Waals surface area contributed by atoms with Gasteiger partial charge in [-0.2, -0.15) is 0 Å². The van der Waals surface area contributed by atoms with E-state index in [1.54, 1.807) is 15.7 Å². The van der Waals surface area contributed by atoms with Crippen LogP contribution >= 0.6 is 0 Å². The monoisotopic (exact) mass is 474 g/mol. The first kappa shape index (κ1) is 23.1. The summed E-state index contributed by atoms with van der Waals surface area (Å²) in [6, 6.07) is 11.3. The summed E-state index contributed by atoms with van der Waals surface area (Å²) in [4.78, 5) is 13.7. The summed E-state index contributed by atoms with van der Waals surface area (Å²) in [6.07, 6.45) is 3.66. The zero-order valence-corrected chi connectivity index (χ0v) is 19.6. The number of halogens is 1. The summed E-state index contributed by atoms with van der Waals surface area (Å²) in [7, 11) is -3.49. The molecule has 0 aliphatic carbocycles. The predicted octanol–water partition coefficient (Wildman–Crippen LogP) is 4.56. The van der Waals surface area contributed by atoms with Crippen molar-refractivity contribution in [2.75, 3.05) is 19.3 Å². The molecule has 9 heteroatoms. The molecule has 1 aliphatic heterocycles. The number of hydrogen-bond acceptors (Lipinski definition) is 5. The minimum Gasteiger partial charge on any atom is -0.490 e. The summed E-state index contributed by atoms with van der Waals surface area (Å²) >= 11 is 0. The van der Waals surface area contributed by atoms with Gasteiger partial charge in [-0.05, 0) is 50.2 Å². The van der Waals surface area contributed by atoms with Crippen LogP contribution in [0.1, 0.15) is 26.7 Å². The van der Waals surface area contributed by atoms with E-state index in [2.05, 4.69) is 0 Å². The maximum atomic E-state index is 14.8. The van der Waals surface area contributed by atoms with E-state index in [1.807, 2.05) is 38.1 Å². The van der Waals surface area contributed by atoms with Crippen LogP contribution in [0, 0.1) is 5.82 Å². The molecule has 2 aromatic carbocycles. The van der Waals surface area contributed by atoms with Gasteiger partial charge in [-0.15, -0.1) is 0 Å². The number of aromatic nitrogens is 1. The number of nitrogens with zero attached hydrogens (tertiary/aromatic N) is 2. The zero-order chi connectivity index (χ0) is 23.8. The fourth-order valence-electron chi connectivity index (χ4n) is 3.98. The Kier molecular flexibility index (Phi) is 6.34. The molecule has 1 fully saturated rings. The Hall–Kier alpha value is -3.07. The van der Waals surface area contributed by atoms with Gasteiger partial charge < -0.3 is 18.9 Å². The van der Waals surface area contributed by atoms with Gasteiger partial charge in [-0.1, -0.05) is 6.07 Å². The molecule has 176 valence electrons. The molecule has 0 N–H and O–H groups in total. The lowest BCUT2D eigenvalue weighted by molar-refractivity contribution is 0.0520. The first-order valence-electron chi connectivity index (χ1n) is 10.9. The molecule has 0 radical (unpaired) electrons. The summed E-state index contributed by atoms with van der Waals surface area (Å²) < 4.78 is 51.4. The number of benzene rings is 2. The van der Waals surface area contributed by atoms with Crippen LogP contribution < -0.4 is 4.74 Å². The fourth-order valence-corrected chi connectivity index (χ4v) is 4.61. The van der Waals surface area contributed by atoms with Crippen LogP contribution in [0.25, 0.3) is 16.6 Å². The van der Waals surface area contributed by atoms with E-state index in [4.69, 9.17) is 9.47 Å². The Morgan fingerprint density at radius 3 is 2.48 bits per heavy atom. The Morgan fingerprint density at radius 1 is 1.12 bits per heavy atom. The van der Waals surface area contributed by atoms with Gasteiger partial charge in [0.15, 0.2) is 9.84 Å². The molecule has 3 aromatic rings. The van der Waals surface area contributed by atoms with Crippen molar-refractivity contribution in [2.24, 2.45) is 0 Å². The first-order chi connectivity index (χ1) is 15.6. The van der Waals surface area contributed by atoms with Gasteiger partial charge in [0.2, 0.25) is 0 Å². The summed E-state index contributed by atoms with van der Waals surface area (Å²) in [5, 5.41) is 0.825. The number of carbonyl (C=O) groups excluding carboxylic acids is 1. The lowest BCUT2D eigenvalue weighted by Crippen LogP contribution is -2.42. The minimum absolute atomic E-state index is 0.0483. The Bertz CT molecular complexity index is 1280. The second-order valence-corrected chi connectivity index (χ2v) is 10.5. The third kappa shape index (κ3) is 4.98. The average molecular weight is 475 g/mol. The standard InChI is InChI=1S/C24H27FN2O5S/c1-16(2)31-24(28)26-12-9-17(10-13-26)32-23-6-4-5-21-19(23)11-14-27(21)22-8-7-18(15-20(22)25)33(3,29)30/h4-8,11,14-17H,9-10,12-13H2,1-3H3. The molecule has 0 unspecified atom stereocenters. The van der Waals surface area contributed by atoms with Gasteiger partial charge in [-0.3, -0.25) is 0 Å². The first-order valence-corrected chi connectivity index (χ1v) is 12.7. The third-order valence-corrected chi connectivity index (χ3v) is 6.74. The lowest BCUT2D eigenvalue weighted by Gasteiger charge is -2.32. The molecule has 4 rings (SSSR count). The van der Waals surface area contributed by atoms with Crippen molar-refractivity contribution in [3.63, 3.8) is 0 Å². The van der Waals surface area contributed by atoms with Gasteiger partial charge in [-0.25, -0.2) is 17.6 Å². The zero-order valence-electron chi connectivity index (χ0n) is 18.8. The highest BCUT2D eigenvalue weighted by Crippen LogP contribution is 2.32. The van der Waals surface area contributed by atoms with Crippen molar-refractivity contribution in [1.82, 2.24) is 9.47 Å². The van der Waals surface area contributed by atoms with E-state index in [-0.39, 0.29) is 28.9 Å².